The van der Waals surface area contributed by atoms with E-state index in [-0.39, 0.29) is 11.3 Å². The molecule has 3 aromatic rings. The summed E-state index contributed by atoms with van der Waals surface area (Å²) >= 11 is 0. The Kier molecular flexibility index (Phi) is 3.88. The smallest absolute Gasteiger partial charge is 0.328 e. The molecule has 6 nitrogen and oxygen atoms in total. The zero-order chi connectivity index (χ0) is 17.3. The summed E-state index contributed by atoms with van der Waals surface area (Å²) in [5.41, 5.74) is 0.738. The zero-order valence-corrected chi connectivity index (χ0v) is 12.6. The molecule has 24 heavy (non-hydrogen) atoms. The van der Waals surface area contributed by atoms with Crippen molar-refractivity contribution in [1.82, 2.24) is 9.78 Å². The van der Waals surface area contributed by atoms with Crippen LogP contribution < -0.4 is 4.74 Å². The quantitative estimate of drug-likeness (QED) is 0.793. The van der Waals surface area contributed by atoms with Crippen molar-refractivity contribution in [3.05, 3.63) is 54.0 Å². The maximum absolute atomic E-state index is 13.2. The third-order valence-corrected chi connectivity index (χ3v) is 3.58. The third-order valence-electron chi connectivity index (χ3n) is 3.58. The Morgan fingerprint density at radius 1 is 1.38 bits per heavy atom. The predicted octanol–water partition coefficient (Wildman–Crippen LogP) is 3.48. The number of carbonyl (C=O) groups is 1. The average molecular weight is 325 g/mol. The Hall–Kier alpha value is -3.40. The van der Waals surface area contributed by atoms with Crippen LogP contribution in [0.2, 0.25) is 0 Å². The summed E-state index contributed by atoms with van der Waals surface area (Å²) in [6.07, 6.45) is 1.54. The van der Waals surface area contributed by atoms with E-state index in [2.05, 4.69) is 5.10 Å². The molecule has 0 aliphatic carbocycles. The first-order chi connectivity index (χ1) is 11.5. The molecule has 0 fully saturated rings. The first-order valence-electron chi connectivity index (χ1n) is 7.07. The maximum atomic E-state index is 13.2. The third kappa shape index (κ3) is 2.77. The number of nitriles is 1. The number of nitrogens with zero attached hydrogens (tertiary/aromatic N) is 3. The van der Waals surface area contributed by atoms with E-state index in [4.69, 9.17) is 15.1 Å². The van der Waals surface area contributed by atoms with Crippen LogP contribution in [0.15, 0.2) is 42.6 Å². The summed E-state index contributed by atoms with van der Waals surface area (Å²) in [6.45, 7) is 1.54. The monoisotopic (exact) mass is 325 g/mol. The highest BCUT2D eigenvalue weighted by atomic mass is 19.1. The summed E-state index contributed by atoms with van der Waals surface area (Å²) in [5.74, 6) is -0.818. The minimum absolute atomic E-state index is 0.0882. The summed E-state index contributed by atoms with van der Waals surface area (Å²) in [7, 11) is 0. The van der Waals surface area contributed by atoms with Crippen LogP contribution in [0.25, 0.3) is 10.9 Å². The molecule has 3 rings (SSSR count). The van der Waals surface area contributed by atoms with Crippen LogP contribution in [0.3, 0.4) is 0 Å². The fraction of sp³-hybridized carbons (Fsp3) is 0.118. The van der Waals surface area contributed by atoms with Crippen LogP contribution in [0, 0.1) is 17.1 Å². The summed E-state index contributed by atoms with van der Waals surface area (Å²) in [4.78, 5) is 11.1. The predicted molar refractivity (Wildman–Crippen MR) is 83.3 cm³/mol. The van der Waals surface area contributed by atoms with Crippen molar-refractivity contribution in [2.45, 2.75) is 13.0 Å². The lowest BCUT2D eigenvalue weighted by atomic mass is 10.2. The Balaban J connectivity index is 1.95. The molecule has 0 aliphatic rings. The number of ether oxygens (including phenoxy) is 1. The minimum atomic E-state index is -0.981. The van der Waals surface area contributed by atoms with Gasteiger partial charge in [-0.2, -0.15) is 10.4 Å². The van der Waals surface area contributed by atoms with Gasteiger partial charge in [0.15, 0.2) is 0 Å². The van der Waals surface area contributed by atoms with Gasteiger partial charge in [0.25, 0.3) is 0 Å². The second-order valence-corrected chi connectivity index (χ2v) is 5.18. The highest BCUT2D eigenvalue weighted by Gasteiger charge is 2.17. The number of carboxylic acids is 1. The Labute approximate surface area is 136 Å². The largest absolute Gasteiger partial charge is 0.480 e. The van der Waals surface area contributed by atoms with Gasteiger partial charge in [0.1, 0.15) is 29.4 Å². The van der Waals surface area contributed by atoms with E-state index in [1.54, 1.807) is 18.2 Å². The van der Waals surface area contributed by atoms with Gasteiger partial charge in [0.2, 0.25) is 0 Å². The molecule has 1 unspecified atom stereocenters. The lowest BCUT2D eigenvalue weighted by molar-refractivity contribution is -0.140. The average Bonchev–Trinajstić information content (AvgIpc) is 2.98. The molecule has 0 saturated heterocycles. The standard InChI is InChI=1S/C17H12FN3O3/c1-10(17(22)23)21-15-4-3-14(7-12(15)9-20-21)24-16-5-2-13(18)6-11(16)8-19/h2-7,9-10H,1H3,(H,22,23). The number of aromatic nitrogens is 2. The van der Waals surface area contributed by atoms with Gasteiger partial charge in [0, 0.05) is 5.39 Å². The van der Waals surface area contributed by atoms with Crippen LogP contribution in [0.5, 0.6) is 11.5 Å². The first-order valence-corrected chi connectivity index (χ1v) is 7.07. The molecule has 0 aliphatic heterocycles. The highest BCUT2D eigenvalue weighted by molar-refractivity contribution is 5.82. The molecule has 0 amide bonds. The molecule has 1 N–H and O–H groups in total. The van der Waals surface area contributed by atoms with Crippen molar-refractivity contribution in [2.75, 3.05) is 0 Å². The van der Waals surface area contributed by atoms with Crippen molar-refractivity contribution >= 4 is 16.9 Å². The van der Waals surface area contributed by atoms with E-state index in [1.807, 2.05) is 6.07 Å². The van der Waals surface area contributed by atoms with Crippen molar-refractivity contribution in [1.29, 1.82) is 5.26 Å². The molecule has 0 radical (unpaired) electrons. The van der Waals surface area contributed by atoms with Crippen molar-refractivity contribution in [3.8, 4) is 17.6 Å². The second-order valence-electron chi connectivity index (χ2n) is 5.18. The van der Waals surface area contributed by atoms with Crippen LogP contribution in [-0.2, 0) is 4.79 Å². The van der Waals surface area contributed by atoms with E-state index >= 15 is 0 Å². The van der Waals surface area contributed by atoms with Crippen molar-refractivity contribution in [2.24, 2.45) is 0 Å². The number of carboxylic acid groups (broad SMARTS) is 1. The number of hydrogen-bond donors (Lipinski definition) is 1. The number of aliphatic carboxylic acids is 1. The van der Waals surface area contributed by atoms with Gasteiger partial charge >= 0.3 is 5.97 Å². The van der Waals surface area contributed by atoms with E-state index in [0.29, 0.717) is 16.7 Å². The molecule has 2 aromatic carbocycles. The SMILES string of the molecule is CC(C(=O)O)n1ncc2cc(Oc3ccc(F)cc3C#N)ccc21. The second kappa shape index (κ2) is 6.01. The number of benzene rings is 2. The highest BCUT2D eigenvalue weighted by Crippen LogP contribution is 2.29. The molecule has 1 aromatic heterocycles. The summed E-state index contributed by atoms with van der Waals surface area (Å²) in [5, 5.41) is 22.9. The van der Waals surface area contributed by atoms with Gasteiger partial charge in [-0.3, -0.25) is 4.68 Å². The fourth-order valence-electron chi connectivity index (χ4n) is 2.31. The van der Waals surface area contributed by atoms with Crippen LogP contribution >= 0.6 is 0 Å². The minimum Gasteiger partial charge on any atom is -0.480 e. The molecule has 7 heteroatoms. The number of hydrogen-bond acceptors (Lipinski definition) is 4. The normalized spacial score (nSPS) is 11.9. The van der Waals surface area contributed by atoms with Crippen molar-refractivity contribution in [3.63, 3.8) is 0 Å². The Bertz CT molecular complexity index is 975. The van der Waals surface area contributed by atoms with Gasteiger partial charge in [-0.15, -0.1) is 0 Å². The molecule has 0 spiro atoms. The topological polar surface area (TPSA) is 88.1 Å². The molecule has 120 valence electrons. The van der Waals surface area contributed by atoms with E-state index in [9.17, 15) is 9.18 Å². The molecule has 0 saturated carbocycles. The lowest BCUT2D eigenvalue weighted by Crippen LogP contribution is -2.16. The first kappa shape index (κ1) is 15.5. The van der Waals surface area contributed by atoms with Crippen LogP contribution in [-0.4, -0.2) is 20.9 Å². The Morgan fingerprint density at radius 3 is 2.88 bits per heavy atom. The maximum Gasteiger partial charge on any atom is 0.328 e. The van der Waals surface area contributed by atoms with Gasteiger partial charge in [0.05, 0.1) is 17.3 Å². The zero-order valence-electron chi connectivity index (χ0n) is 12.6. The van der Waals surface area contributed by atoms with E-state index in [0.717, 1.165) is 6.07 Å². The van der Waals surface area contributed by atoms with Gasteiger partial charge in [-0.25, -0.2) is 9.18 Å². The van der Waals surface area contributed by atoms with E-state index < -0.39 is 17.8 Å². The van der Waals surface area contributed by atoms with Gasteiger partial charge in [-0.1, -0.05) is 0 Å². The molecular weight excluding hydrogens is 313 g/mol. The lowest BCUT2D eigenvalue weighted by Gasteiger charge is -2.10. The molecular formula is C17H12FN3O3. The Morgan fingerprint density at radius 2 is 2.17 bits per heavy atom. The number of fused-ring (bicyclic) bond motifs is 1. The molecule has 1 heterocycles. The molecule has 0 bridgehead atoms. The van der Waals surface area contributed by atoms with Gasteiger partial charge in [-0.05, 0) is 43.3 Å². The van der Waals surface area contributed by atoms with Crippen LogP contribution in [0.1, 0.15) is 18.5 Å². The fourth-order valence-corrected chi connectivity index (χ4v) is 2.31. The summed E-state index contributed by atoms with van der Waals surface area (Å²) < 4.78 is 20.2. The van der Waals surface area contributed by atoms with Crippen molar-refractivity contribution < 1.29 is 19.0 Å². The summed E-state index contributed by atoms with van der Waals surface area (Å²) in [6, 6.07) is 9.78. The van der Waals surface area contributed by atoms with Crippen LogP contribution in [0.4, 0.5) is 4.39 Å². The number of rotatable bonds is 4. The number of halogens is 1. The van der Waals surface area contributed by atoms with Gasteiger partial charge < -0.3 is 9.84 Å². The van der Waals surface area contributed by atoms with E-state index in [1.165, 1.54) is 29.9 Å². The molecule has 1 atom stereocenters.